The van der Waals surface area contributed by atoms with Crippen molar-refractivity contribution in [3.05, 3.63) is 96.7 Å². The van der Waals surface area contributed by atoms with Crippen LogP contribution in [0, 0.1) is 0 Å². The van der Waals surface area contributed by atoms with E-state index in [1.165, 1.54) is 11.3 Å². The third kappa shape index (κ3) is 3.40. The van der Waals surface area contributed by atoms with Crippen molar-refractivity contribution in [2.75, 3.05) is 7.11 Å². The fraction of sp³-hybridized carbons (Fsp3) is 0.136. The normalized spacial score (nSPS) is 16.3. The number of allylic oxidation sites excluding steroid dienone is 1. The Kier molecular flexibility index (Phi) is 4.90. The highest BCUT2D eigenvalue weighted by molar-refractivity contribution is 7.07. The lowest BCUT2D eigenvalue weighted by Gasteiger charge is -2.24. The minimum absolute atomic E-state index is 0.204. The zero-order chi connectivity index (χ0) is 20.5. The highest BCUT2D eigenvalue weighted by Crippen LogP contribution is 2.30. The molecule has 1 atom stereocenters. The molecular weight excluding hydrogens is 386 g/mol. The maximum atomic E-state index is 13.3. The number of nitrogens with two attached hydrogens (primary N) is 1. The van der Waals surface area contributed by atoms with Gasteiger partial charge >= 0.3 is 0 Å². The van der Waals surface area contributed by atoms with Crippen molar-refractivity contribution in [3.63, 3.8) is 0 Å². The van der Waals surface area contributed by atoms with Gasteiger partial charge in [0.05, 0.1) is 29.0 Å². The van der Waals surface area contributed by atoms with Crippen LogP contribution in [0.5, 0.6) is 5.75 Å². The Bertz CT molecular complexity index is 1290. The van der Waals surface area contributed by atoms with E-state index in [1.54, 1.807) is 30.7 Å². The van der Waals surface area contributed by atoms with Gasteiger partial charge in [-0.15, -0.1) is 0 Å². The first-order valence-corrected chi connectivity index (χ1v) is 9.82. The van der Waals surface area contributed by atoms with Gasteiger partial charge in [0.15, 0.2) is 4.80 Å². The molecule has 0 saturated heterocycles. The highest BCUT2D eigenvalue weighted by Gasteiger charge is 2.31. The van der Waals surface area contributed by atoms with Crippen LogP contribution >= 0.6 is 11.3 Å². The van der Waals surface area contributed by atoms with E-state index in [0.717, 1.165) is 11.1 Å². The first-order chi connectivity index (χ1) is 14.0. The van der Waals surface area contributed by atoms with Gasteiger partial charge in [-0.3, -0.25) is 14.2 Å². The Morgan fingerprint density at radius 1 is 1.17 bits per heavy atom. The lowest BCUT2D eigenvalue weighted by atomic mass is 9.95. The first kappa shape index (κ1) is 18.9. The molecule has 1 aliphatic rings. The summed E-state index contributed by atoms with van der Waals surface area (Å²) in [5.41, 5.74) is 7.99. The van der Waals surface area contributed by atoms with Crippen LogP contribution < -0.4 is 25.4 Å². The summed E-state index contributed by atoms with van der Waals surface area (Å²) in [5.74, 6) is 0.0935. The van der Waals surface area contributed by atoms with Crippen LogP contribution in [0.4, 0.5) is 0 Å². The molecular formula is C22H19N3O3S. The molecule has 2 aromatic carbocycles. The molecule has 0 saturated carbocycles. The SMILES string of the molecule is COc1ccc(C2C(C(N)=O)=C(C)N=c3s/c(=C\c4ccccc4)c(=O)n32)cc1. The number of amides is 1. The van der Waals surface area contributed by atoms with Crippen molar-refractivity contribution in [2.24, 2.45) is 10.7 Å². The number of aromatic nitrogens is 1. The molecule has 0 spiro atoms. The van der Waals surface area contributed by atoms with Crippen LogP contribution in [0.15, 0.2) is 75.7 Å². The van der Waals surface area contributed by atoms with Crippen molar-refractivity contribution in [1.29, 1.82) is 0 Å². The molecule has 6 nitrogen and oxygen atoms in total. The lowest BCUT2D eigenvalue weighted by molar-refractivity contribution is -0.115. The standard InChI is InChI=1S/C22H19N3O3S/c1-13-18(20(23)26)19(15-8-10-16(28-2)11-9-15)25-21(27)17(29-22(25)24-13)12-14-6-4-3-5-7-14/h3-12,19H,1-2H3,(H2,23,26)/b17-12-. The number of carbonyl (C=O) groups excluding carboxylic acids is 1. The predicted molar refractivity (Wildman–Crippen MR) is 112 cm³/mol. The summed E-state index contributed by atoms with van der Waals surface area (Å²) in [6.07, 6.45) is 1.83. The van der Waals surface area contributed by atoms with E-state index in [-0.39, 0.29) is 5.56 Å². The summed E-state index contributed by atoms with van der Waals surface area (Å²) in [6, 6.07) is 16.2. The summed E-state index contributed by atoms with van der Waals surface area (Å²) in [7, 11) is 1.58. The third-order valence-electron chi connectivity index (χ3n) is 4.82. The maximum absolute atomic E-state index is 13.3. The molecule has 146 valence electrons. The lowest BCUT2D eigenvalue weighted by Crippen LogP contribution is -2.40. The average Bonchev–Trinajstić information content (AvgIpc) is 3.02. The van der Waals surface area contributed by atoms with E-state index in [9.17, 15) is 9.59 Å². The minimum atomic E-state index is -0.632. The minimum Gasteiger partial charge on any atom is -0.497 e. The molecule has 2 N–H and O–H groups in total. The van der Waals surface area contributed by atoms with Crippen LogP contribution in [0.2, 0.25) is 0 Å². The van der Waals surface area contributed by atoms with Crippen molar-refractivity contribution in [2.45, 2.75) is 13.0 Å². The summed E-state index contributed by atoms with van der Waals surface area (Å²) < 4.78 is 7.32. The summed E-state index contributed by atoms with van der Waals surface area (Å²) in [5, 5.41) is 0. The number of nitrogens with zero attached hydrogens (tertiary/aromatic N) is 2. The fourth-order valence-corrected chi connectivity index (χ4v) is 4.49. The maximum Gasteiger partial charge on any atom is 0.271 e. The van der Waals surface area contributed by atoms with E-state index < -0.39 is 11.9 Å². The van der Waals surface area contributed by atoms with Crippen LogP contribution in [-0.2, 0) is 4.79 Å². The number of ether oxygens (including phenoxy) is 1. The summed E-state index contributed by atoms with van der Waals surface area (Å²) in [4.78, 5) is 30.6. The summed E-state index contributed by atoms with van der Waals surface area (Å²) >= 11 is 1.30. The van der Waals surface area contributed by atoms with Gasteiger partial charge in [-0.25, -0.2) is 4.99 Å². The van der Waals surface area contributed by atoms with Gasteiger partial charge in [0, 0.05) is 0 Å². The van der Waals surface area contributed by atoms with E-state index in [4.69, 9.17) is 10.5 Å². The van der Waals surface area contributed by atoms with Crippen molar-refractivity contribution in [3.8, 4) is 5.75 Å². The molecule has 0 bridgehead atoms. The number of carbonyl (C=O) groups is 1. The van der Waals surface area contributed by atoms with Crippen LogP contribution in [0.1, 0.15) is 24.1 Å². The average molecular weight is 405 g/mol. The van der Waals surface area contributed by atoms with Crippen molar-refractivity contribution < 1.29 is 9.53 Å². The van der Waals surface area contributed by atoms with Gasteiger partial charge < -0.3 is 10.5 Å². The van der Waals surface area contributed by atoms with Crippen LogP contribution in [0.3, 0.4) is 0 Å². The number of thiazole rings is 1. The number of benzene rings is 2. The molecule has 1 unspecified atom stereocenters. The quantitative estimate of drug-likeness (QED) is 0.717. The second kappa shape index (κ2) is 7.52. The van der Waals surface area contributed by atoms with Gasteiger partial charge in [-0.1, -0.05) is 53.8 Å². The Labute approximate surface area is 170 Å². The number of methoxy groups -OCH3 is 1. The molecule has 1 aliphatic heterocycles. The van der Waals surface area contributed by atoms with Gasteiger partial charge in [0.25, 0.3) is 5.56 Å². The van der Waals surface area contributed by atoms with Gasteiger partial charge in [-0.2, -0.15) is 0 Å². The molecule has 0 aliphatic carbocycles. The largest absolute Gasteiger partial charge is 0.497 e. The Hall–Kier alpha value is -3.45. The molecule has 4 rings (SSSR count). The topological polar surface area (TPSA) is 86.7 Å². The van der Waals surface area contributed by atoms with E-state index in [1.807, 2.05) is 48.5 Å². The Balaban J connectivity index is 1.96. The van der Waals surface area contributed by atoms with E-state index >= 15 is 0 Å². The number of hydrogen-bond donors (Lipinski definition) is 1. The summed E-state index contributed by atoms with van der Waals surface area (Å²) in [6.45, 7) is 1.74. The smallest absolute Gasteiger partial charge is 0.271 e. The predicted octanol–water partition coefficient (Wildman–Crippen LogP) is 1.73. The number of rotatable bonds is 4. The molecule has 2 heterocycles. The second-order valence-electron chi connectivity index (χ2n) is 6.63. The molecule has 1 aromatic heterocycles. The van der Waals surface area contributed by atoms with Crippen molar-refractivity contribution >= 4 is 23.3 Å². The zero-order valence-corrected chi connectivity index (χ0v) is 16.8. The fourth-order valence-electron chi connectivity index (χ4n) is 3.44. The Morgan fingerprint density at radius 3 is 2.48 bits per heavy atom. The highest BCUT2D eigenvalue weighted by atomic mass is 32.1. The van der Waals surface area contributed by atoms with Gasteiger partial charge in [0.1, 0.15) is 5.75 Å². The van der Waals surface area contributed by atoms with E-state index in [0.29, 0.717) is 26.4 Å². The number of hydrogen-bond acceptors (Lipinski definition) is 5. The molecule has 0 fully saturated rings. The third-order valence-corrected chi connectivity index (χ3v) is 5.80. The van der Waals surface area contributed by atoms with Gasteiger partial charge in [0.2, 0.25) is 5.91 Å². The molecule has 3 aromatic rings. The molecule has 0 radical (unpaired) electrons. The Morgan fingerprint density at radius 2 is 1.86 bits per heavy atom. The van der Waals surface area contributed by atoms with Gasteiger partial charge in [-0.05, 0) is 36.3 Å². The second-order valence-corrected chi connectivity index (χ2v) is 7.64. The first-order valence-electron chi connectivity index (χ1n) is 9.01. The number of primary amides is 1. The molecule has 29 heavy (non-hydrogen) atoms. The number of fused-ring (bicyclic) bond motifs is 1. The van der Waals surface area contributed by atoms with Crippen LogP contribution in [-0.4, -0.2) is 17.6 Å². The molecule has 1 amide bonds. The monoisotopic (exact) mass is 405 g/mol. The van der Waals surface area contributed by atoms with Crippen LogP contribution in [0.25, 0.3) is 6.08 Å². The molecule has 7 heteroatoms. The zero-order valence-electron chi connectivity index (χ0n) is 16.0. The van der Waals surface area contributed by atoms with E-state index in [2.05, 4.69) is 4.99 Å². The van der Waals surface area contributed by atoms with Crippen molar-refractivity contribution in [1.82, 2.24) is 4.57 Å².